The van der Waals surface area contributed by atoms with Crippen LogP contribution in [0.4, 0.5) is 5.82 Å². The third-order valence-electron chi connectivity index (χ3n) is 2.87. The van der Waals surface area contributed by atoms with Gasteiger partial charge in [-0.3, -0.25) is 0 Å². The number of hydrogen-bond donors (Lipinski definition) is 3. The Morgan fingerprint density at radius 3 is 2.44 bits per heavy atom. The van der Waals surface area contributed by atoms with Crippen molar-refractivity contribution in [1.82, 2.24) is 4.98 Å². The molecule has 0 radical (unpaired) electrons. The van der Waals surface area contributed by atoms with E-state index in [1.54, 1.807) is 6.07 Å². The summed E-state index contributed by atoms with van der Waals surface area (Å²) in [5.74, 6) is 0.257. The number of nitrogen functional groups attached to an aromatic ring is 1. The number of aliphatic hydroxyl groups is 1. The summed E-state index contributed by atoms with van der Waals surface area (Å²) in [6.45, 7) is 5.73. The van der Waals surface area contributed by atoms with Crippen molar-refractivity contribution < 1.29 is 5.11 Å². The summed E-state index contributed by atoms with van der Waals surface area (Å²) < 4.78 is 0. The minimum absolute atomic E-state index is 0.0583. The minimum Gasteiger partial charge on any atom is -0.383 e. The number of pyridine rings is 1. The van der Waals surface area contributed by atoms with E-state index in [0.717, 1.165) is 0 Å². The smallest absolute Gasteiger partial charge is 0.129 e. The molecule has 0 saturated carbocycles. The van der Waals surface area contributed by atoms with Gasteiger partial charge in [-0.05, 0) is 11.5 Å². The third kappa shape index (κ3) is 2.14. The van der Waals surface area contributed by atoms with Crippen LogP contribution in [0.1, 0.15) is 26.3 Å². The Bertz CT molecular complexity index is 389. The van der Waals surface area contributed by atoms with E-state index in [0.29, 0.717) is 10.6 Å². The molecule has 0 aliphatic heterocycles. The van der Waals surface area contributed by atoms with Crippen LogP contribution in [-0.2, 0) is 5.60 Å². The molecule has 0 aromatic carbocycles. The summed E-state index contributed by atoms with van der Waals surface area (Å²) in [5.41, 5.74) is 10.2. The number of aromatic nitrogens is 1. The van der Waals surface area contributed by atoms with Crippen molar-refractivity contribution >= 4 is 17.4 Å². The van der Waals surface area contributed by atoms with Gasteiger partial charge in [-0.15, -0.1) is 0 Å². The first-order valence-electron chi connectivity index (χ1n) is 5.06. The molecule has 1 aromatic heterocycles. The van der Waals surface area contributed by atoms with Crippen molar-refractivity contribution in [3.63, 3.8) is 0 Å². The zero-order valence-corrected chi connectivity index (χ0v) is 10.5. The molecule has 1 aromatic rings. The van der Waals surface area contributed by atoms with Gasteiger partial charge in [0.2, 0.25) is 0 Å². The van der Waals surface area contributed by atoms with E-state index < -0.39 is 11.0 Å². The van der Waals surface area contributed by atoms with Gasteiger partial charge in [0.15, 0.2) is 0 Å². The second-order valence-corrected chi connectivity index (χ2v) is 5.34. The fourth-order valence-electron chi connectivity index (χ4n) is 1.60. The van der Waals surface area contributed by atoms with Crippen molar-refractivity contribution in [3.05, 3.63) is 22.8 Å². The molecule has 90 valence electrons. The predicted molar refractivity (Wildman–Crippen MR) is 66.1 cm³/mol. The highest BCUT2D eigenvalue weighted by molar-refractivity contribution is 6.30. The molecule has 1 heterocycles. The topological polar surface area (TPSA) is 85.2 Å². The van der Waals surface area contributed by atoms with Crippen LogP contribution in [-0.4, -0.2) is 16.6 Å². The molecule has 5 N–H and O–H groups in total. The third-order valence-corrected chi connectivity index (χ3v) is 3.07. The molecule has 0 spiro atoms. The van der Waals surface area contributed by atoms with Gasteiger partial charge in [-0.1, -0.05) is 32.4 Å². The molecular weight excluding hydrogens is 226 g/mol. The molecule has 4 nitrogen and oxygen atoms in total. The van der Waals surface area contributed by atoms with Gasteiger partial charge in [-0.2, -0.15) is 0 Å². The van der Waals surface area contributed by atoms with Crippen molar-refractivity contribution in [2.24, 2.45) is 11.1 Å². The molecular formula is C11H18ClN3O. The van der Waals surface area contributed by atoms with E-state index in [4.69, 9.17) is 23.1 Å². The SMILES string of the molecule is CC(C)(C)C(O)(CN)c1cc(Cl)cnc1N. The van der Waals surface area contributed by atoms with E-state index in [1.807, 2.05) is 20.8 Å². The quantitative estimate of drug-likeness (QED) is 0.735. The Labute approximate surface area is 101 Å². The largest absolute Gasteiger partial charge is 0.383 e. The zero-order valence-electron chi connectivity index (χ0n) is 9.79. The van der Waals surface area contributed by atoms with Gasteiger partial charge in [-0.25, -0.2) is 4.98 Å². The van der Waals surface area contributed by atoms with E-state index in [1.165, 1.54) is 6.20 Å². The molecule has 0 saturated heterocycles. The van der Waals surface area contributed by atoms with Crippen molar-refractivity contribution in [3.8, 4) is 0 Å². The lowest BCUT2D eigenvalue weighted by molar-refractivity contribution is -0.0553. The van der Waals surface area contributed by atoms with Crippen LogP contribution in [0.15, 0.2) is 12.3 Å². The first-order chi connectivity index (χ1) is 7.22. The Morgan fingerprint density at radius 1 is 1.44 bits per heavy atom. The number of nitrogens with zero attached hydrogens (tertiary/aromatic N) is 1. The molecule has 0 amide bonds. The van der Waals surface area contributed by atoms with E-state index >= 15 is 0 Å². The number of nitrogens with two attached hydrogens (primary N) is 2. The Morgan fingerprint density at radius 2 is 2.00 bits per heavy atom. The molecule has 1 unspecified atom stereocenters. The average Bonchev–Trinajstić information content (AvgIpc) is 2.19. The van der Waals surface area contributed by atoms with Gasteiger partial charge in [0.25, 0.3) is 0 Å². The van der Waals surface area contributed by atoms with E-state index in [-0.39, 0.29) is 12.4 Å². The average molecular weight is 244 g/mol. The molecule has 0 fully saturated rings. The standard InChI is InChI=1S/C11H18ClN3O/c1-10(2,3)11(16,6-13)8-4-7(12)5-15-9(8)14/h4-5,16H,6,13H2,1-3H3,(H2,14,15). The summed E-state index contributed by atoms with van der Waals surface area (Å²) in [5, 5.41) is 11.1. The Kier molecular flexibility index (Phi) is 3.47. The van der Waals surface area contributed by atoms with Gasteiger partial charge in [0.05, 0.1) is 5.02 Å². The normalized spacial score (nSPS) is 15.9. The van der Waals surface area contributed by atoms with Gasteiger partial charge in [0, 0.05) is 18.3 Å². The second-order valence-electron chi connectivity index (χ2n) is 4.90. The first kappa shape index (κ1) is 13.2. The lowest BCUT2D eigenvalue weighted by Gasteiger charge is -2.40. The number of rotatable bonds is 2. The van der Waals surface area contributed by atoms with Crippen LogP contribution in [0.2, 0.25) is 5.02 Å². The van der Waals surface area contributed by atoms with Gasteiger partial charge in [0.1, 0.15) is 11.4 Å². The summed E-state index contributed by atoms with van der Waals surface area (Å²) in [4.78, 5) is 3.94. The van der Waals surface area contributed by atoms with E-state index in [9.17, 15) is 5.11 Å². The highest BCUT2D eigenvalue weighted by Gasteiger charge is 2.42. The molecule has 5 heteroatoms. The molecule has 1 rings (SSSR count). The maximum Gasteiger partial charge on any atom is 0.129 e. The zero-order chi connectivity index (χ0) is 12.6. The van der Waals surface area contributed by atoms with Gasteiger partial charge >= 0.3 is 0 Å². The lowest BCUT2D eigenvalue weighted by Crippen LogP contribution is -2.46. The van der Waals surface area contributed by atoms with Crippen LogP contribution in [0, 0.1) is 5.41 Å². The Balaban J connectivity index is 3.39. The molecule has 0 aliphatic carbocycles. The van der Waals surface area contributed by atoms with Crippen LogP contribution < -0.4 is 11.5 Å². The molecule has 16 heavy (non-hydrogen) atoms. The van der Waals surface area contributed by atoms with Crippen LogP contribution >= 0.6 is 11.6 Å². The Hall–Kier alpha value is -0.840. The fourth-order valence-corrected chi connectivity index (χ4v) is 1.76. The summed E-state index contributed by atoms with van der Waals surface area (Å²) >= 11 is 5.86. The van der Waals surface area contributed by atoms with Crippen LogP contribution in [0.3, 0.4) is 0 Å². The van der Waals surface area contributed by atoms with Crippen molar-refractivity contribution in [2.75, 3.05) is 12.3 Å². The van der Waals surface area contributed by atoms with Crippen LogP contribution in [0.25, 0.3) is 0 Å². The van der Waals surface area contributed by atoms with Gasteiger partial charge < -0.3 is 16.6 Å². The van der Waals surface area contributed by atoms with Crippen LogP contribution in [0.5, 0.6) is 0 Å². The van der Waals surface area contributed by atoms with E-state index in [2.05, 4.69) is 4.98 Å². The first-order valence-corrected chi connectivity index (χ1v) is 5.44. The lowest BCUT2D eigenvalue weighted by atomic mass is 9.72. The van der Waals surface area contributed by atoms with Crippen molar-refractivity contribution in [1.29, 1.82) is 0 Å². The summed E-state index contributed by atoms with van der Waals surface area (Å²) in [7, 11) is 0. The summed E-state index contributed by atoms with van der Waals surface area (Å²) in [6, 6.07) is 1.61. The van der Waals surface area contributed by atoms with Crippen molar-refractivity contribution in [2.45, 2.75) is 26.4 Å². The molecule has 0 bridgehead atoms. The maximum absolute atomic E-state index is 10.6. The maximum atomic E-state index is 10.6. The monoisotopic (exact) mass is 243 g/mol. The molecule has 1 atom stereocenters. The highest BCUT2D eigenvalue weighted by Crippen LogP contribution is 2.40. The number of anilines is 1. The summed E-state index contributed by atoms with van der Waals surface area (Å²) in [6.07, 6.45) is 1.44. The number of hydrogen-bond acceptors (Lipinski definition) is 4. The molecule has 0 aliphatic rings. The predicted octanol–water partition coefficient (Wildman–Crippen LogP) is 1.51. The second kappa shape index (κ2) is 4.20. The minimum atomic E-state index is -1.24. The number of halogens is 1. The highest BCUT2D eigenvalue weighted by atomic mass is 35.5. The fraction of sp³-hybridized carbons (Fsp3) is 0.545.